The third-order valence-corrected chi connectivity index (χ3v) is 9.64. The highest BCUT2D eigenvalue weighted by Gasteiger charge is 2.37. The largest absolute Gasteiger partial charge is 0.462 e. The Labute approximate surface area is 244 Å². The Balaban J connectivity index is 1.45. The second kappa shape index (κ2) is 12.6. The molecule has 9 nitrogen and oxygen atoms in total. The Hall–Kier alpha value is -3.49. The number of nitrogens with zero attached hydrogens (tertiary/aromatic N) is 6. The minimum atomic E-state index is -0.364. The summed E-state index contributed by atoms with van der Waals surface area (Å²) in [6.45, 7) is 8.20. The number of fused-ring (bicyclic) bond motifs is 1. The first-order chi connectivity index (χ1) is 19.8. The molecule has 2 aliphatic heterocycles. The van der Waals surface area contributed by atoms with Gasteiger partial charge in [-0.1, -0.05) is 6.58 Å². The van der Waals surface area contributed by atoms with E-state index < -0.39 is 0 Å². The smallest absolute Gasteiger partial charge is 0.319 e. The number of Topliss-reactive ketones (excluding diaryl/α,β-unsaturated/α-hetero) is 1. The fraction of sp³-hybridized carbons (Fsp3) is 0.500. The number of carbonyl (C=O) groups excluding carboxylic acids is 2. The van der Waals surface area contributed by atoms with Gasteiger partial charge in [0.25, 0.3) is 0 Å². The molecule has 11 heteroatoms. The van der Waals surface area contributed by atoms with Crippen molar-refractivity contribution >= 4 is 29.3 Å². The summed E-state index contributed by atoms with van der Waals surface area (Å²) in [5.74, 6) is 0.0305. The van der Waals surface area contributed by atoms with E-state index in [0.717, 1.165) is 35.4 Å². The van der Waals surface area contributed by atoms with Gasteiger partial charge in [-0.25, -0.2) is 4.39 Å². The summed E-state index contributed by atoms with van der Waals surface area (Å²) in [5.41, 5.74) is 1.92. The number of hydrogen-bond donors (Lipinski definition) is 0. The van der Waals surface area contributed by atoms with Crippen molar-refractivity contribution in [2.45, 2.75) is 61.3 Å². The van der Waals surface area contributed by atoms with Crippen LogP contribution in [0, 0.1) is 24.1 Å². The molecule has 2 aromatic rings. The van der Waals surface area contributed by atoms with Gasteiger partial charge in [-0.3, -0.25) is 9.59 Å². The Morgan fingerprint density at radius 1 is 1.27 bits per heavy atom. The van der Waals surface area contributed by atoms with E-state index in [1.807, 2.05) is 6.92 Å². The topological polar surface area (TPSA) is 103 Å². The van der Waals surface area contributed by atoms with Crippen molar-refractivity contribution in [3.8, 4) is 12.1 Å². The van der Waals surface area contributed by atoms with Crippen molar-refractivity contribution < 1.29 is 18.7 Å². The molecule has 1 aliphatic carbocycles. The van der Waals surface area contributed by atoms with Crippen LogP contribution in [0.15, 0.2) is 35.7 Å². The molecule has 0 N–H and O–H groups in total. The van der Waals surface area contributed by atoms with Gasteiger partial charge in [-0.15, -0.1) is 11.8 Å². The maximum absolute atomic E-state index is 13.9. The fourth-order valence-corrected chi connectivity index (χ4v) is 7.03. The van der Waals surface area contributed by atoms with E-state index in [2.05, 4.69) is 34.5 Å². The van der Waals surface area contributed by atoms with Gasteiger partial charge in [-0.05, 0) is 76.0 Å². The third-order valence-electron chi connectivity index (χ3n) is 8.20. The van der Waals surface area contributed by atoms with Crippen LogP contribution in [0.3, 0.4) is 0 Å². The number of nitriles is 1. The minimum Gasteiger partial charge on any atom is -0.462 e. The zero-order valence-corrected chi connectivity index (χ0v) is 24.3. The molecule has 0 saturated carbocycles. The molecular formula is C30H35FN6O3S. The predicted octanol–water partition coefficient (Wildman–Crippen LogP) is 3.80. The SMILES string of the molecule is C=CC(=O)N1CCN(c2nc(OCC3CCCN3C)nc3c2CC[C@@H](Sc2ccc(F)cc2C)C3=O)CC1CC#N. The number of ether oxygens (including phenoxy) is 1. The molecule has 3 atom stereocenters. The molecule has 216 valence electrons. The lowest BCUT2D eigenvalue weighted by Gasteiger charge is -2.41. The number of benzene rings is 1. The Morgan fingerprint density at radius 2 is 2.10 bits per heavy atom. The summed E-state index contributed by atoms with van der Waals surface area (Å²) in [4.78, 5) is 42.6. The number of anilines is 1. The van der Waals surface area contributed by atoms with Gasteiger partial charge >= 0.3 is 6.01 Å². The lowest BCUT2D eigenvalue weighted by Crippen LogP contribution is -2.55. The summed E-state index contributed by atoms with van der Waals surface area (Å²) >= 11 is 1.44. The van der Waals surface area contributed by atoms with E-state index in [-0.39, 0.29) is 47.3 Å². The van der Waals surface area contributed by atoms with Crippen molar-refractivity contribution in [2.24, 2.45) is 0 Å². The predicted molar refractivity (Wildman–Crippen MR) is 155 cm³/mol. The van der Waals surface area contributed by atoms with Crippen LogP contribution in [0.25, 0.3) is 0 Å². The molecule has 2 unspecified atom stereocenters. The number of aryl methyl sites for hydroxylation is 1. The molecule has 1 aromatic heterocycles. The monoisotopic (exact) mass is 578 g/mol. The number of ketones is 1. The number of piperazine rings is 1. The van der Waals surface area contributed by atoms with Crippen molar-refractivity contribution in [3.05, 3.63) is 53.5 Å². The molecule has 0 spiro atoms. The second-order valence-corrected chi connectivity index (χ2v) is 12.1. The molecule has 3 aliphatic rings. The quantitative estimate of drug-likeness (QED) is 0.433. The van der Waals surface area contributed by atoms with Gasteiger partial charge in [0, 0.05) is 36.1 Å². The summed E-state index contributed by atoms with van der Waals surface area (Å²) in [6, 6.07) is 6.90. The number of aromatic nitrogens is 2. The number of likely N-dealkylation sites (tertiary alicyclic amines) is 1. The van der Waals surface area contributed by atoms with Crippen LogP contribution in [0.1, 0.15) is 47.3 Å². The molecular weight excluding hydrogens is 543 g/mol. The van der Waals surface area contributed by atoms with Crippen molar-refractivity contribution in [1.82, 2.24) is 19.8 Å². The number of likely N-dealkylation sites (N-methyl/N-ethyl adjacent to an activating group) is 1. The van der Waals surface area contributed by atoms with Gasteiger partial charge in [0.15, 0.2) is 5.78 Å². The lowest BCUT2D eigenvalue weighted by atomic mass is 9.94. The zero-order valence-electron chi connectivity index (χ0n) is 23.5. The van der Waals surface area contributed by atoms with Crippen LogP contribution < -0.4 is 9.64 Å². The molecule has 41 heavy (non-hydrogen) atoms. The van der Waals surface area contributed by atoms with Crippen molar-refractivity contribution in [1.29, 1.82) is 5.26 Å². The van der Waals surface area contributed by atoms with Crippen LogP contribution in [-0.4, -0.2) is 88.6 Å². The van der Waals surface area contributed by atoms with E-state index in [1.165, 1.54) is 30.0 Å². The van der Waals surface area contributed by atoms with Crippen LogP contribution in [0.4, 0.5) is 10.2 Å². The molecule has 0 radical (unpaired) electrons. The normalized spacial score (nSPS) is 22.8. The number of carbonyl (C=O) groups is 2. The van der Waals surface area contributed by atoms with E-state index >= 15 is 0 Å². The molecule has 1 amide bonds. The number of rotatable bonds is 8. The number of halogens is 1. The zero-order chi connectivity index (χ0) is 29.1. The summed E-state index contributed by atoms with van der Waals surface area (Å²) in [7, 11) is 2.07. The molecule has 3 heterocycles. The first kappa shape index (κ1) is 29.0. The van der Waals surface area contributed by atoms with Gasteiger partial charge in [0.2, 0.25) is 5.91 Å². The maximum atomic E-state index is 13.9. The van der Waals surface area contributed by atoms with Crippen LogP contribution in [0.5, 0.6) is 6.01 Å². The molecule has 5 rings (SSSR count). The van der Waals surface area contributed by atoms with Gasteiger partial charge in [0.05, 0.1) is 23.8 Å². The fourth-order valence-electron chi connectivity index (χ4n) is 5.88. The van der Waals surface area contributed by atoms with Crippen molar-refractivity contribution in [3.63, 3.8) is 0 Å². The van der Waals surface area contributed by atoms with E-state index in [1.54, 1.807) is 11.0 Å². The van der Waals surface area contributed by atoms with E-state index in [0.29, 0.717) is 50.6 Å². The molecule has 2 saturated heterocycles. The Kier molecular flexibility index (Phi) is 8.90. The average molecular weight is 579 g/mol. The van der Waals surface area contributed by atoms with E-state index in [4.69, 9.17) is 9.72 Å². The molecule has 0 bridgehead atoms. The second-order valence-electron chi connectivity index (χ2n) is 10.9. The average Bonchev–Trinajstić information content (AvgIpc) is 3.38. The van der Waals surface area contributed by atoms with Gasteiger partial charge < -0.3 is 19.4 Å². The summed E-state index contributed by atoms with van der Waals surface area (Å²) in [6.07, 6.45) is 4.77. The first-order valence-electron chi connectivity index (χ1n) is 14.0. The number of amides is 1. The first-order valence-corrected chi connectivity index (χ1v) is 14.9. The maximum Gasteiger partial charge on any atom is 0.319 e. The highest BCUT2D eigenvalue weighted by Crippen LogP contribution is 2.38. The van der Waals surface area contributed by atoms with Gasteiger partial charge in [-0.2, -0.15) is 15.2 Å². The highest BCUT2D eigenvalue weighted by molar-refractivity contribution is 8.00. The summed E-state index contributed by atoms with van der Waals surface area (Å²) in [5, 5.41) is 9.08. The third kappa shape index (κ3) is 6.23. The van der Waals surface area contributed by atoms with Gasteiger partial charge in [0.1, 0.15) is 23.9 Å². The van der Waals surface area contributed by atoms with Crippen LogP contribution in [-0.2, 0) is 11.2 Å². The number of thioether (sulfide) groups is 1. The molecule has 1 aromatic carbocycles. The highest BCUT2D eigenvalue weighted by atomic mass is 32.2. The molecule has 2 fully saturated rings. The summed E-state index contributed by atoms with van der Waals surface area (Å²) < 4.78 is 19.8. The Bertz CT molecular complexity index is 1380. The van der Waals surface area contributed by atoms with E-state index in [9.17, 15) is 19.2 Å². The standard InChI is InChI=1S/C30H35FN6O3S/c1-4-26(38)37-15-14-36(17-21(37)11-12-32)29-23-8-10-25(41-24-9-7-20(31)16-19(24)2)28(39)27(23)33-30(34-29)40-18-22-6-5-13-35(22)3/h4,7,9,16,21-22,25H,1,5-6,8,10-11,13-15,17-18H2,2-3H3/t21?,22?,25-/m1/s1. The van der Waals surface area contributed by atoms with Crippen LogP contribution >= 0.6 is 11.8 Å². The van der Waals surface area contributed by atoms with Crippen LogP contribution in [0.2, 0.25) is 0 Å². The van der Waals surface area contributed by atoms with Crippen molar-refractivity contribution in [2.75, 3.05) is 44.7 Å². The number of hydrogen-bond acceptors (Lipinski definition) is 9. The Morgan fingerprint density at radius 3 is 2.80 bits per heavy atom. The minimum absolute atomic E-state index is 0.0968. The lowest BCUT2D eigenvalue weighted by molar-refractivity contribution is -0.128.